The third-order valence-electron chi connectivity index (χ3n) is 5.68. The zero-order valence-corrected chi connectivity index (χ0v) is 18.6. The minimum absolute atomic E-state index is 0.178. The summed E-state index contributed by atoms with van der Waals surface area (Å²) in [7, 11) is 0. The lowest BCUT2D eigenvalue weighted by Gasteiger charge is -2.39. The summed E-state index contributed by atoms with van der Waals surface area (Å²) in [5.74, 6) is 0.215. The van der Waals surface area contributed by atoms with Gasteiger partial charge in [0.05, 0.1) is 16.8 Å². The number of fused-ring (bicyclic) bond motifs is 5. The number of esters is 1. The van der Waals surface area contributed by atoms with Crippen molar-refractivity contribution in [1.29, 1.82) is 0 Å². The van der Waals surface area contributed by atoms with E-state index in [-0.39, 0.29) is 12.2 Å². The molecule has 1 unspecified atom stereocenters. The zero-order valence-electron chi connectivity index (χ0n) is 17.0. The van der Waals surface area contributed by atoms with E-state index >= 15 is 0 Å². The van der Waals surface area contributed by atoms with Crippen LogP contribution in [0, 0.1) is 0 Å². The van der Waals surface area contributed by atoms with E-state index in [2.05, 4.69) is 34.6 Å². The van der Waals surface area contributed by atoms with Gasteiger partial charge in [0.2, 0.25) is 5.72 Å². The summed E-state index contributed by atoms with van der Waals surface area (Å²) in [6.07, 6.45) is 0. The highest BCUT2D eigenvalue weighted by atomic mass is 79.9. The minimum Gasteiger partial charge on any atom is -0.463 e. The monoisotopic (exact) mass is 473 g/mol. The summed E-state index contributed by atoms with van der Waals surface area (Å²) in [4.78, 5) is 13.0. The van der Waals surface area contributed by atoms with Gasteiger partial charge in [-0.15, -0.1) is 0 Å². The summed E-state index contributed by atoms with van der Waals surface area (Å²) in [5, 5.41) is 1.04. The first-order valence-corrected chi connectivity index (χ1v) is 10.8. The van der Waals surface area contributed by atoms with Gasteiger partial charge >= 0.3 is 5.97 Å². The van der Waals surface area contributed by atoms with E-state index in [1.54, 1.807) is 0 Å². The number of hydrogen-bond acceptors (Lipinski definition) is 3. The van der Waals surface area contributed by atoms with Crippen molar-refractivity contribution in [3.05, 3.63) is 101 Å². The second-order valence-electron chi connectivity index (χ2n) is 7.69. The van der Waals surface area contributed by atoms with Gasteiger partial charge in [0.15, 0.2) is 0 Å². The summed E-state index contributed by atoms with van der Waals surface area (Å²) in [6.45, 7) is 6.15. The highest BCUT2D eigenvalue weighted by Gasteiger charge is 2.43. The highest BCUT2D eigenvalue weighted by Crippen LogP contribution is 2.47. The normalized spacial score (nSPS) is 16.8. The van der Waals surface area contributed by atoms with Gasteiger partial charge in [0.1, 0.15) is 12.4 Å². The maximum atomic E-state index is 13.0. The fraction of sp³-hybridized carbons (Fsp3) is 0.115. The highest BCUT2D eigenvalue weighted by molar-refractivity contribution is 9.10. The standard InChI is InChI=1S/C26H20BrNO3/c1-17(25(29)30-16-18-8-4-3-5-9-18)26(2)28-22-13-12-20(27)14-19(22)15-23(28)21-10-6-7-11-24(21)31-26/h3-15H,1,16H2,2H3. The minimum atomic E-state index is -1.13. The van der Waals surface area contributed by atoms with Crippen LogP contribution in [-0.2, 0) is 21.9 Å². The maximum absolute atomic E-state index is 13.0. The quantitative estimate of drug-likeness (QED) is 0.253. The van der Waals surface area contributed by atoms with Crippen LogP contribution in [0.15, 0.2) is 95.5 Å². The van der Waals surface area contributed by atoms with Crippen LogP contribution in [0.25, 0.3) is 22.2 Å². The molecule has 1 atom stereocenters. The molecule has 4 aromatic rings. The largest absolute Gasteiger partial charge is 0.463 e. The summed E-state index contributed by atoms with van der Waals surface area (Å²) in [5.41, 5.74) is 2.91. The van der Waals surface area contributed by atoms with Crippen LogP contribution in [0.2, 0.25) is 0 Å². The average Bonchev–Trinajstić information content (AvgIpc) is 3.17. The Morgan fingerprint density at radius 3 is 2.61 bits per heavy atom. The lowest BCUT2D eigenvalue weighted by Crippen LogP contribution is -2.43. The molecule has 5 rings (SSSR count). The molecule has 0 N–H and O–H groups in total. The van der Waals surface area contributed by atoms with E-state index < -0.39 is 11.7 Å². The lowest BCUT2D eigenvalue weighted by molar-refractivity contribution is -0.143. The molecule has 2 heterocycles. The molecule has 0 saturated heterocycles. The third-order valence-corrected chi connectivity index (χ3v) is 6.17. The smallest absolute Gasteiger partial charge is 0.339 e. The molecular weight excluding hydrogens is 454 g/mol. The number of para-hydroxylation sites is 1. The van der Waals surface area contributed by atoms with Gasteiger partial charge in [-0.2, -0.15) is 0 Å². The zero-order chi connectivity index (χ0) is 21.6. The number of rotatable bonds is 4. The molecule has 0 bridgehead atoms. The first-order chi connectivity index (χ1) is 15.0. The van der Waals surface area contributed by atoms with Crippen molar-refractivity contribution < 1.29 is 14.3 Å². The van der Waals surface area contributed by atoms with E-state index in [1.165, 1.54) is 0 Å². The van der Waals surface area contributed by atoms with Crippen molar-refractivity contribution >= 4 is 32.8 Å². The number of hydrogen-bond donors (Lipinski definition) is 0. The number of benzene rings is 3. The Bertz CT molecular complexity index is 1330. The molecule has 4 nitrogen and oxygen atoms in total. The molecule has 31 heavy (non-hydrogen) atoms. The van der Waals surface area contributed by atoms with Crippen LogP contribution in [0.4, 0.5) is 0 Å². The third kappa shape index (κ3) is 3.26. The van der Waals surface area contributed by atoms with Crippen LogP contribution in [0.1, 0.15) is 12.5 Å². The van der Waals surface area contributed by atoms with Gasteiger partial charge < -0.3 is 9.47 Å². The van der Waals surface area contributed by atoms with Gasteiger partial charge in [0.25, 0.3) is 0 Å². The van der Waals surface area contributed by atoms with Gasteiger partial charge in [0, 0.05) is 22.3 Å². The second kappa shape index (κ2) is 7.43. The number of aromatic nitrogens is 1. The van der Waals surface area contributed by atoms with Crippen LogP contribution in [0.3, 0.4) is 0 Å². The van der Waals surface area contributed by atoms with E-state index in [1.807, 2.05) is 78.2 Å². The van der Waals surface area contributed by atoms with Crippen LogP contribution in [0.5, 0.6) is 5.75 Å². The Kier molecular flexibility index (Phi) is 4.71. The Hall–Kier alpha value is -3.31. The number of ether oxygens (including phenoxy) is 2. The van der Waals surface area contributed by atoms with Gasteiger partial charge in [-0.3, -0.25) is 4.57 Å². The number of carbonyl (C=O) groups is 1. The Balaban J connectivity index is 1.58. The molecule has 0 spiro atoms. The maximum Gasteiger partial charge on any atom is 0.339 e. The first kappa shape index (κ1) is 19.6. The SMILES string of the molecule is C=C(C(=O)OCc1ccccc1)C1(C)Oc2ccccc2-c2cc3cc(Br)ccc3n21. The van der Waals surface area contributed by atoms with Gasteiger partial charge in [-0.05, 0) is 42.0 Å². The molecule has 1 aliphatic heterocycles. The fourth-order valence-electron chi connectivity index (χ4n) is 4.07. The Morgan fingerprint density at radius 2 is 1.81 bits per heavy atom. The average molecular weight is 474 g/mol. The predicted octanol–water partition coefficient (Wildman–Crippen LogP) is 6.44. The van der Waals surface area contributed by atoms with Gasteiger partial charge in [-0.1, -0.05) is 65.0 Å². The molecule has 5 heteroatoms. The Labute approximate surface area is 188 Å². The van der Waals surface area contributed by atoms with Crippen LogP contribution < -0.4 is 4.74 Å². The Morgan fingerprint density at radius 1 is 1.06 bits per heavy atom. The van der Waals surface area contributed by atoms with E-state index in [0.717, 1.165) is 32.2 Å². The summed E-state index contributed by atoms with van der Waals surface area (Å²) < 4.78 is 15.0. The van der Waals surface area contributed by atoms with E-state index in [0.29, 0.717) is 5.75 Å². The molecule has 0 saturated carbocycles. The molecule has 0 aliphatic carbocycles. The number of nitrogens with zero attached hydrogens (tertiary/aromatic N) is 1. The van der Waals surface area contributed by atoms with Crippen molar-refractivity contribution in [3.63, 3.8) is 0 Å². The van der Waals surface area contributed by atoms with Crippen LogP contribution in [-0.4, -0.2) is 10.5 Å². The lowest BCUT2D eigenvalue weighted by atomic mass is 10.0. The first-order valence-electron chi connectivity index (χ1n) is 9.98. The molecule has 0 radical (unpaired) electrons. The molecule has 1 aliphatic rings. The van der Waals surface area contributed by atoms with Crippen molar-refractivity contribution in [2.45, 2.75) is 19.3 Å². The van der Waals surface area contributed by atoms with Crippen molar-refractivity contribution in [2.24, 2.45) is 0 Å². The van der Waals surface area contributed by atoms with Crippen molar-refractivity contribution in [3.8, 4) is 17.0 Å². The fourth-order valence-corrected chi connectivity index (χ4v) is 4.45. The van der Waals surface area contributed by atoms with Gasteiger partial charge in [-0.25, -0.2) is 4.79 Å². The van der Waals surface area contributed by atoms with Crippen LogP contribution >= 0.6 is 15.9 Å². The van der Waals surface area contributed by atoms with Crippen molar-refractivity contribution in [1.82, 2.24) is 4.57 Å². The van der Waals surface area contributed by atoms with E-state index in [4.69, 9.17) is 9.47 Å². The molecular formula is C26H20BrNO3. The van der Waals surface area contributed by atoms with E-state index in [9.17, 15) is 4.79 Å². The predicted molar refractivity (Wildman–Crippen MR) is 125 cm³/mol. The second-order valence-corrected chi connectivity index (χ2v) is 8.61. The molecule has 3 aromatic carbocycles. The summed E-state index contributed by atoms with van der Waals surface area (Å²) >= 11 is 3.55. The number of halogens is 1. The summed E-state index contributed by atoms with van der Waals surface area (Å²) in [6, 6.07) is 25.6. The molecule has 0 amide bonds. The molecule has 1 aromatic heterocycles. The molecule has 0 fully saturated rings. The van der Waals surface area contributed by atoms with Crippen molar-refractivity contribution in [2.75, 3.05) is 0 Å². The molecule has 154 valence electrons. The topological polar surface area (TPSA) is 40.5 Å². The number of carbonyl (C=O) groups excluding carboxylic acids is 1.